The largest absolute Gasteiger partial charge is 0.454 e. The van der Waals surface area contributed by atoms with Crippen molar-refractivity contribution >= 4 is 28.6 Å². The van der Waals surface area contributed by atoms with E-state index in [2.05, 4.69) is 10.6 Å². The number of hydrogen-bond donors (Lipinski definition) is 2. The molecule has 6 heteroatoms. The number of rotatable bonds is 8. The van der Waals surface area contributed by atoms with Gasteiger partial charge >= 0.3 is 5.97 Å². The summed E-state index contributed by atoms with van der Waals surface area (Å²) >= 11 is 0. The van der Waals surface area contributed by atoms with Crippen molar-refractivity contribution in [3.63, 3.8) is 0 Å². The second-order valence-corrected chi connectivity index (χ2v) is 6.49. The van der Waals surface area contributed by atoms with Crippen LogP contribution in [-0.2, 0) is 20.7 Å². The molecule has 0 bridgehead atoms. The number of benzene rings is 3. The SMILES string of the molecule is O=C(COC(=O)CNC(=O)c1ccc2ccccc2c1)NCCc1ccccc1. The van der Waals surface area contributed by atoms with Gasteiger partial charge in [0.1, 0.15) is 6.54 Å². The summed E-state index contributed by atoms with van der Waals surface area (Å²) in [6.07, 6.45) is 0.697. The van der Waals surface area contributed by atoms with Gasteiger partial charge in [-0.15, -0.1) is 0 Å². The molecule has 0 unspecified atom stereocenters. The summed E-state index contributed by atoms with van der Waals surface area (Å²) in [5.74, 6) is -1.42. The molecule has 2 N–H and O–H groups in total. The molecule has 0 fully saturated rings. The minimum absolute atomic E-state index is 0.303. The fraction of sp³-hybridized carbons (Fsp3) is 0.174. The summed E-state index contributed by atoms with van der Waals surface area (Å²) in [4.78, 5) is 35.7. The van der Waals surface area contributed by atoms with Crippen LogP contribution in [0.4, 0.5) is 0 Å². The van der Waals surface area contributed by atoms with Gasteiger partial charge in [0.2, 0.25) is 0 Å². The van der Waals surface area contributed by atoms with Crippen molar-refractivity contribution in [1.29, 1.82) is 0 Å². The molecule has 0 heterocycles. The molecule has 0 saturated heterocycles. The van der Waals surface area contributed by atoms with Gasteiger partial charge in [0.15, 0.2) is 6.61 Å². The van der Waals surface area contributed by atoms with E-state index in [0.717, 1.165) is 16.3 Å². The highest BCUT2D eigenvalue weighted by molar-refractivity contribution is 5.99. The predicted molar refractivity (Wildman–Crippen MR) is 110 cm³/mol. The Morgan fingerprint density at radius 2 is 1.52 bits per heavy atom. The van der Waals surface area contributed by atoms with Crippen LogP contribution in [-0.4, -0.2) is 37.5 Å². The van der Waals surface area contributed by atoms with Crippen molar-refractivity contribution < 1.29 is 19.1 Å². The Hall–Kier alpha value is -3.67. The quantitative estimate of drug-likeness (QED) is 0.579. The summed E-state index contributed by atoms with van der Waals surface area (Å²) in [6, 6.07) is 22.8. The maximum atomic E-state index is 12.2. The number of amides is 2. The van der Waals surface area contributed by atoms with Crippen LogP contribution < -0.4 is 10.6 Å². The maximum absolute atomic E-state index is 12.2. The Morgan fingerprint density at radius 3 is 2.31 bits per heavy atom. The minimum Gasteiger partial charge on any atom is -0.454 e. The monoisotopic (exact) mass is 390 g/mol. The standard InChI is InChI=1S/C23H22N2O4/c26-21(24-13-12-17-6-2-1-3-7-17)16-29-22(27)15-25-23(28)20-11-10-18-8-4-5-9-19(18)14-20/h1-11,14H,12-13,15-16H2,(H,24,26)(H,25,28). The van der Waals surface area contributed by atoms with Crippen LogP contribution in [0.3, 0.4) is 0 Å². The summed E-state index contributed by atoms with van der Waals surface area (Å²) in [7, 11) is 0. The van der Waals surface area contributed by atoms with E-state index in [0.29, 0.717) is 18.5 Å². The van der Waals surface area contributed by atoms with Crippen molar-refractivity contribution in [1.82, 2.24) is 10.6 Å². The van der Waals surface area contributed by atoms with Crippen LogP contribution in [0.1, 0.15) is 15.9 Å². The third-order valence-corrected chi connectivity index (χ3v) is 4.35. The van der Waals surface area contributed by atoms with Crippen LogP contribution in [0.5, 0.6) is 0 Å². The lowest BCUT2D eigenvalue weighted by atomic mass is 10.1. The van der Waals surface area contributed by atoms with Gasteiger partial charge in [-0.1, -0.05) is 60.7 Å². The molecule has 0 aromatic heterocycles. The Bertz CT molecular complexity index is 1000. The van der Waals surface area contributed by atoms with Crippen molar-refractivity contribution in [2.24, 2.45) is 0 Å². The van der Waals surface area contributed by atoms with Gasteiger partial charge < -0.3 is 15.4 Å². The summed E-state index contributed by atoms with van der Waals surface area (Å²) < 4.78 is 4.90. The number of nitrogens with one attached hydrogen (secondary N) is 2. The van der Waals surface area contributed by atoms with Gasteiger partial charge in [0, 0.05) is 12.1 Å². The zero-order chi connectivity index (χ0) is 20.5. The number of ether oxygens (including phenoxy) is 1. The molecule has 6 nitrogen and oxygen atoms in total. The topological polar surface area (TPSA) is 84.5 Å². The molecular formula is C23H22N2O4. The lowest BCUT2D eigenvalue weighted by molar-refractivity contribution is -0.147. The van der Waals surface area contributed by atoms with E-state index >= 15 is 0 Å². The van der Waals surface area contributed by atoms with Crippen LogP contribution in [0.15, 0.2) is 72.8 Å². The van der Waals surface area contributed by atoms with Crippen molar-refractivity contribution in [3.8, 4) is 0 Å². The molecule has 0 aliphatic heterocycles. The van der Waals surface area contributed by atoms with Gasteiger partial charge in [-0.25, -0.2) is 0 Å². The first kappa shape index (κ1) is 20.1. The highest BCUT2D eigenvalue weighted by Crippen LogP contribution is 2.15. The van der Waals surface area contributed by atoms with Crippen molar-refractivity contribution in [2.75, 3.05) is 19.7 Å². The zero-order valence-electron chi connectivity index (χ0n) is 15.9. The van der Waals surface area contributed by atoms with E-state index in [-0.39, 0.29) is 25.0 Å². The first-order valence-corrected chi connectivity index (χ1v) is 9.35. The summed E-state index contributed by atoms with van der Waals surface area (Å²) in [5.41, 5.74) is 1.57. The number of carbonyl (C=O) groups excluding carboxylic acids is 3. The molecule has 29 heavy (non-hydrogen) atoms. The molecule has 2 amide bonds. The first-order chi connectivity index (χ1) is 14.1. The number of hydrogen-bond acceptors (Lipinski definition) is 4. The summed E-state index contributed by atoms with van der Waals surface area (Å²) in [6.45, 7) is -0.221. The van der Waals surface area contributed by atoms with Gasteiger partial charge in [0.05, 0.1) is 0 Å². The maximum Gasteiger partial charge on any atom is 0.325 e. The number of fused-ring (bicyclic) bond motifs is 1. The summed E-state index contributed by atoms with van der Waals surface area (Å²) in [5, 5.41) is 7.17. The Kier molecular flexibility index (Phi) is 6.95. The van der Waals surface area contributed by atoms with Crippen LogP contribution in [0.2, 0.25) is 0 Å². The molecule has 0 aliphatic rings. The predicted octanol–water partition coefficient (Wildman–Crippen LogP) is 2.47. The first-order valence-electron chi connectivity index (χ1n) is 9.35. The Labute approximate surface area is 168 Å². The van der Waals surface area contributed by atoms with Gasteiger partial charge in [-0.2, -0.15) is 0 Å². The molecular weight excluding hydrogens is 368 g/mol. The van der Waals surface area contributed by atoms with Crippen LogP contribution in [0.25, 0.3) is 10.8 Å². The lowest BCUT2D eigenvalue weighted by Gasteiger charge is -2.08. The molecule has 0 saturated carbocycles. The van der Waals surface area contributed by atoms with Crippen LogP contribution in [0, 0.1) is 0 Å². The van der Waals surface area contributed by atoms with E-state index in [1.54, 1.807) is 12.1 Å². The second kappa shape index (κ2) is 10.0. The number of esters is 1. The Morgan fingerprint density at radius 1 is 0.793 bits per heavy atom. The van der Waals surface area contributed by atoms with Crippen LogP contribution >= 0.6 is 0 Å². The third-order valence-electron chi connectivity index (χ3n) is 4.35. The molecule has 3 aromatic carbocycles. The van der Waals surface area contributed by atoms with Gasteiger partial charge in [-0.3, -0.25) is 14.4 Å². The normalized spacial score (nSPS) is 10.3. The van der Waals surface area contributed by atoms with E-state index in [1.165, 1.54) is 0 Å². The molecule has 0 atom stereocenters. The van der Waals surface area contributed by atoms with E-state index < -0.39 is 5.97 Å². The van der Waals surface area contributed by atoms with Gasteiger partial charge in [-0.05, 0) is 34.9 Å². The van der Waals surface area contributed by atoms with E-state index in [1.807, 2.05) is 60.7 Å². The molecule has 0 aliphatic carbocycles. The zero-order valence-corrected chi connectivity index (χ0v) is 15.9. The third kappa shape index (κ3) is 6.17. The molecule has 3 aromatic rings. The lowest BCUT2D eigenvalue weighted by Crippen LogP contribution is -2.34. The van der Waals surface area contributed by atoms with Crippen molar-refractivity contribution in [3.05, 3.63) is 83.9 Å². The molecule has 0 spiro atoms. The second-order valence-electron chi connectivity index (χ2n) is 6.49. The molecule has 0 radical (unpaired) electrons. The fourth-order valence-corrected chi connectivity index (χ4v) is 2.82. The van der Waals surface area contributed by atoms with Crippen molar-refractivity contribution in [2.45, 2.75) is 6.42 Å². The fourth-order valence-electron chi connectivity index (χ4n) is 2.82. The highest BCUT2D eigenvalue weighted by Gasteiger charge is 2.11. The van der Waals surface area contributed by atoms with E-state index in [4.69, 9.17) is 4.74 Å². The van der Waals surface area contributed by atoms with E-state index in [9.17, 15) is 14.4 Å². The molecule has 3 rings (SSSR count). The average molecular weight is 390 g/mol. The van der Waals surface area contributed by atoms with Gasteiger partial charge in [0.25, 0.3) is 11.8 Å². The average Bonchev–Trinajstić information content (AvgIpc) is 2.76. The minimum atomic E-state index is -0.669. The molecule has 148 valence electrons. The highest BCUT2D eigenvalue weighted by atomic mass is 16.5. The number of carbonyl (C=O) groups is 3. The smallest absolute Gasteiger partial charge is 0.325 e. The Balaban J connectivity index is 1.36.